The highest BCUT2D eigenvalue weighted by atomic mass is 16.5. The van der Waals surface area contributed by atoms with Crippen molar-refractivity contribution in [1.29, 1.82) is 0 Å². The molecule has 0 bridgehead atoms. The molecule has 0 saturated carbocycles. The number of esters is 1. The SMILES string of the molecule is CCOC(=O)Cc1oc2cccc-2cc1-c1ccccc1. The number of hydrogen-bond donors (Lipinski definition) is 0. The van der Waals surface area contributed by atoms with E-state index in [1.807, 2.05) is 48.5 Å². The fourth-order valence-corrected chi connectivity index (χ4v) is 2.39. The van der Waals surface area contributed by atoms with Crippen molar-refractivity contribution in [2.24, 2.45) is 0 Å². The van der Waals surface area contributed by atoms with Crippen LogP contribution in [0.1, 0.15) is 12.7 Å². The summed E-state index contributed by atoms with van der Waals surface area (Å²) in [6.07, 6.45) is 0.138. The molecule has 0 unspecified atom stereocenters. The fraction of sp³-hybridized carbons (Fsp3) is 0.167. The average molecular weight is 280 g/mol. The van der Waals surface area contributed by atoms with Gasteiger partial charge in [0.2, 0.25) is 0 Å². The second kappa shape index (κ2) is 5.83. The highest BCUT2D eigenvalue weighted by Gasteiger charge is 2.17. The standard InChI is InChI=1S/C18H16O3/c1-2-20-18(19)12-17-15(13-7-4-3-5-8-13)11-14-9-6-10-16(14)21-17/h3-11H,2,12H2,1H3. The second-order valence-corrected chi connectivity index (χ2v) is 4.78. The Morgan fingerprint density at radius 1 is 1.05 bits per heavy atom. The van der Waals surface area contributed by atoms with Gasteiger partial charge in [0, 0.05) is 11.1 Å². The van der Waals surface area contributed by atoms with E-state index in [4.69, 9.17) is 9.15 Å². The molecule has 0 radical (unpaired) electrons. The Balaban J connectivity index is 2.08. The Morgan fingerprint density at radius 2 is 1.81 bits per heavy atom. The lowest BCUT2D eigenvalue weighted by atomic mass is 10.0. The maximum absolute atomic E-state index is 11.8. The monoisotopic (exact) mass is 280 g/mol. The summed E-state index contributed by atoms with van der Waals surface area (Å²) < 4.78 is 10.9. The van der Waals surface area contributed by atoms with Gasteiger partial charge in [-0.25, -0.2) is 0 Å². The molecule has 1 aromatic carbocycles. The van der Waals surface area contributed by atoms with Crippen molar-refractivity contribution < 1.29 is 13.9 Å². The molecule has 21 heavy (non-hydrogen) atoms. The van der Waals surface area contributed by atoms with E-state index in [9.17, 15) is 4.79 Å². The molecule has 0 amide bonds. The van der Waals surface area contributed by atoms with Gasteiger partial charge < -0.3 is 9.15 Å². The molecule has 3 nitrogen and oxygen atoms in total. The van der Waals surface area contributed by atoms with Crippen LogP contribution >= 0.6 is 0 Å². The van der Waals surface area contributed by atoms with Crippen LogP contribution in [0, 0.1) is 0 Å². The summed E-state index contributed by atoms with van der Waals surface area (Å²) in [5.41, 5.74) is 2.99. The van der Waals surface area contributed by atoms with Gasteiger partial charge in [0.25, 0.3) is 0 Å². The summed E-state index contributed by atoms with van der Waals surface area (Å²) in [5, 5.41) is 0. The summed E-state index contributed by atoms with van der Waals surface area (Å²) in [7, 11) is 0. The highest BCUT2D eigenvalue weighted by molar-refractivity contribution is 5.79. The average Bonchev–Trinajstić information content (AvgIpc) is 2.95. The van der Waals surface area contributed by atoms with E-state index in [2.05, 4.69) is 6.07 Å². The molecule has 1 aromatic rings. The zero-order valence-electron chi connectivity index (χ0n) is 11.8. The number of hydrogen-bond acceptors (Lipinski definition) is 3. The number of fused-ring (bicyclic) bond motifs is 1. The molecule has 0 fully saturated rings. The highest BCUT2D eigenvalue weighted by Crippen LogP contribution is 2.33. The molecule has 106 valence electrons. The molecule has 3 heteroatoms. The van der Waals surface area contributed by atoms with Gasteiger partial charge in [-0.05, 0) is 24.6 Å². The zero-order chi connectivity index (χ0) is 14.7. The maximum Gasteiger partial charge on any atom is 0.313 e. The molecule has 2 aliphatic rings. The van der Waals surface area contributed by atoms with E-state index >= 15 is 0 Å². The van der Waals surface area contributed by atoms with Crippen LogP contribution in [-0.2, 0) is 16.0 Å². The molecule has 1 aliphatic carbocycles. The number of carbonyl (C=O) groups is 1. The maximum atomic E-state index is 11.8. The van der Waals surface area contributed by atoms with Crippen LogP contribution in [0.3, 0.4) is 0 Å². The van der Waals surface area contributed by atoms with Crippen molar-refractivity contribution in [1.82, 2.24) is 0 Å². The van der Waals surface area contributed by atoms with Crippen LogP contribution < -0.4 is 0 Å². The minimum absolute atomic E-state index is 0.138. The Kier molecular flexibility index (Phi) is 3.73. The third-order valence-electron chi connectivity index (χ3n) is 3.34. The molecule has 1 aliphatic heterocycles. The van der Waals surface area contributed by atoms with E-state index in [0.717, 1.165) is 22.5 Å². The van der Waals surface area contributed by atoms with Crippen molar-refractivity contribution >= 4 is 5.97 Å². The van der Waals surface area contributed by atoms with Gasteiger partial charge in [-0.3, -0.25) is 4.79 Å². The van der Waals surface area contributed by atoms with Gasteiger partial charge >= 0.3 is 5.97 Å². The van der Waals surface area contributed by atoms with Crippen LogP contribution in [-0.4, -0.2) is 12.6 Å². The molecular formula is C18H16O3. The van der Waals surface area contributed by atoms with Gasteiger partial charge in [0.05, 0.1) is 6.61 Å². The first-order chi connectivity index (χ1) is 10.3. The van der Waals surface area contributed by atoms with Crippen molar-refractivity contribution in [2.45, 2.75) is 13.3 Å². The molecular weight excluding hydrogens is 264 g/mol. The molecule has 0 N–H and O–H groups in total. The number of ether oxygens (including phenoxy) is 1. The van der Waals surface area contributed by atoms with Crippen LogP contribution in [0.4, 0.5) is 0 Å². The van der Waals surface area contributed by atoms with Crippen LogP contribution in [0.15, 0.2) is 59.0 Å². The number of rotatable bonds is 4. The first kappa shape index (κ1) is 13.4. The van der Waals surface area contributed by atoms with Crippen molar-refractivity contribution in [3.8, 4) is 22.5 Å². The third kappa shape index (κ3) is 2.82. The summed E-state index contributed by atoms with van der Waals surface area (Å²) in [6.45, 7) is 2.17. The molecule has 0 atom stereocenters. The van der Waals surface area contributed by atoms with Crippen molar-refractivity contribution in [3.05, 3.63) is 60.4 Å². The van der Waals surface area contributed by atoms with Gasteiger partial charge in [-0.1, -0.05) is 42.5 Å². The normalized spacial score (nSPS) is 10.7. The zero-order valence-corrected chi connectivity index (χ0v) is 11.8. The van der Waals surface area contributed by atoms with E-state index in [-0.39, 0.29) is 12.4 Å². The molecule has 0 saturated heterocycles. The Hall–Kier alpha value is -2.55. The van der Waals surface area contributed by atoms with Crippen LogP contribution in [0.5, 0.6) is 0 Å². The first-order valence-electron chi connectivity index (χ1n) is 7.00. The Labute approximate surface area is 123 Å². The van der Waals surface area contributed by atoms with E-state index in [0.29, 0.717) is 12.4 Å². The van der Waals surface area contributed by atoms with E-state index in [1.165, 1.54) is 0 Å². The summed E-state index contributed by atoms with van der Waals surface area (Å²) >= 11 is 0. The van der Waals surface area contributed by atoms with Crippen molar-refractivity contribution in [2.75, 3.05) is 6.61 Å². The summed E-state index contributed by atoms with van der Waals surface area (Å²) in [5.74, 6) is 1.15. The molecule has 1 heterocycles. The summed E-state index contributed by atoms with van der Waals surface area (Å²) in [4.78, 5) is 11.8. The van der Waals surface area contributed by atoms with Crippen LogP contribution in [0.2, 0.25) is 0 Å². The van der Waals surface area contributed by atoms with E-state index in [1.54, 1.807) is 6.92 Å². The smallest absolute Gasteiger partial charge is 0.313 e. The minimum Gasteiger partial charge on any atom is -0.466 e. The predicted octanol–water partition coefficient (Wildman–Crippen LogP) is 4.16. The molecule has 0 aromatic heterocycles. The van der Waals surface area contributed by atoms with E-state index < -0.39 is 0 Å². The third-order valence-corrected chi connectivity index (χ3v) is 3.34. The molecule has 3 rings (SSSR count). The Bertz CT molecular complexity index is 713. The number of benzene rings is 1. The Morgan fingerprint density at radius 3 is 2.57 bits per heavy atom. The fourth-order valence-electron chi connectivity index (χ4n) is 2.39. The topological polar surface area (TPSA) is 39.4 Å². The lowest BCUT2D eigenvalue weighted by Crippen LogP contribution is -2.08. The quantitative estimate of drug-likeness (QED) is 0.674. The second-order valence-electron chi connectivity index (χ2n) is 4.78. The van der Waals surface area contributed by atoms with Gasteiger partial charge in [0.1, 0.15) is 17.9 Å². The van der Waals surface area contributed by atoms with Gasteiger partial charge in [-0.2, -0.15) is 0 Å². The van der Waals surface area contributed by atoms with Crippen molar-refractivity contribution in [3.63, 3.8) is 0 Å². The largest absolute Gasteiger partial charge is 0.466 e. The van der Waals surface area contributed by atoms with Gasteiger partial charge in [-0.15, -0.1) is 0 Å². The minimum atomic E-state index is -0.274. The van der Waals surface area contributed by atoms with Crippen LogP contribution in [0.25, 0.3) is 22.5 Å². The van der Waals surface area contributed by atoms with Gasteiger partial charge in [0.15, 0.2) is 0 Å². The lowest BCUT2D eigenvalue weighted by molar-refractivity contribution is -0.142. The summed E-state index contributed by atoms with van der Waals surface area (Å²) in [6, 6.07) is 17.8. The lowest BCUT2D eigenvalue weighted by Gasteiger charge is -2.11. The first-order valence-corrected chi connectivity index (χ1v) is 7.00. The molecule has 0 spiro atoms. The number of carbonyl (C=O) groups excluding carboxylic acids is 1. The predicted molar refractivity (Wildman–Crippen MR) is 81.1 cm³/mol.